The molecule has 1 aliphatic heterocycles. The van der Waals surface area contributed by atoms with Crippen molar-refractivity contribution in [1.29, 1.82) is 0 Å². The zero-order valence-electron chi connectivity index (χ0n) is 14.0. The van der Waals surface area contributed by atoms with Crippen LogP contribution in [0, 0.1) is 5.92 Å². The molecule has 0 spiro atoms. The number of aliphatic hydroxyl groups excluding tert-OH is 1. The molecule has 8 heteroatoms. The van der Waals surface area contributed by atoms with Crippen molar-refractivity contribution in [3.8, 4) is 0 Å². The fourth-order valence-electron chi connectivity index (χ4n) is 2.79. The minimum atomic E-state index is -1.15. The lowest BCUT2D eigenvalue weighted by Gasteiger charge is -2.33. The molecule has 8 nitrogen and oxygen atoms in total. The first-order valence-electron chi connectivity index (χ1n) is 8.03. The highest BCUT2D eigenvalue weighted by Crippen LogP contribution is 2.21. The van der Waals surface area contributed by atoms with Gasteiger partial charge in [0.15, 0.2) is 6.10 Å². The van der Waals surface area contributed by atoms with E-state index in [-0.39, 0.29) is 17.5 Å². The molecule has 1 atom stereocenters. The van der Waals surface area contributed by atoms with E-state index in [9.17, 15) is 19.5 Å². The summed E-state index contributed by atoms with van der Waals surface area (Å²) < 4.78 is 4.53. The van der Waals surface area contributed by atoms with Gasteiger partial charge in [-0.05, 0) is 36.5 Å². The van der Waals surface area contributed by atoms with Crippen molar-refractivity contribution in [3.05, 3.63) is 35.4 Å². The quantitative estimate of drug-likeness (QED) is 0.678. The van der Waals surface area contributed by atoms with Gasteiger partial charge in [0.2, 0.25) is 0 Å². The molecule has 0 aromatic heterocycles. The van der Waals surface area contributed by atoms with Crippen LogP contribution in [0.1, 0.15) is 28.8 Å². The predicted octanol–water partition coefficient (Wildman–Crippen LogP) is 0.840. The Hall–Kier alpha value is -2.61. The molecule has 2 rings (SSSR count). The molecular weight excluding hydrogens is 328 g/mol. The zero-order chi connectivity index (χ0) is 18.4. The molecular formula is C17H22N2O6. The first-order chi connectivity index (χ1) is 11.9. The molecule has 1 fully saturated rings. The van der Waals surface area contributed by atoms with Crippen LogP contribution in [0.2, 0.25) is 0 Å². The Balaban J connectivity index is 1.79. The highest BCUT2D eigenvalue weighted by molar-refractivity contribution is 5.87. The number of nitrogens with zero attached hydrogens (tertiary/aromatic N) is 1. The third kappa shape index (κ3) is 4.93. The Labute approximate surface area is 145 Å². The van der Waals surface area contributed by atoms with Crippen molar-refractivity contribution in [2.45, 2.75) is 25.5 Å². The summed E-state index contributed by atoms with van der Waals surface area (Å²) in [5.41, 5.74) is 0.996. The molecule has 1 aromatic rings. The fourth-order valence-corrected chi connectivity index (χ4v) is 2.79. The van der Waals surface area contributed by atoms with E-state index in [0.29, 0.717) is 32.5 Å². The number of urea groups is 1. The summed E-state index contributed by atoms with van der Waals surface area (Å²) in [6, 6.07) is 6.06. The predicted molar refractivity (Wildman–Crippen MR) is 88.0 cm³/mol. The van der Waals surface area contributed by atoms with Gasteiger partial charge < -0.3 is 25.2 Å². The van der Waals surface area contributed by atoms with Crippen LogP contribution in [0.3, 0.4) is 0 Å². The number of amides is 2. The molecule has 0 bridgehead atoms. The number of aromatic carboxylic acids is 1. The minimum Gasteiger partial charge on any atom is -0.478 e. The van der Waals surface area contributed by atoms with E-state index >= 15 is 0 Å². The maximum Gasteiger partial charge on any atom is 0.335 e. The van der Waals surface area contributed by atoms with Gasteiger partial charge in [0.05, 0.1) is 12.7 Å². The molecule has 0 saturated carbocycles. The smallest absolute Gasteiger partial charge is 0.335 e. The first kappa shape index (κ1) is 18.7. The van der Waals surface area contributed by atoms with Crippen LogP contribution in [0.25, 0.3) is 0 Å². The Bertz CT molecular complexity index is 623. The number of hydrogen-bond donors (Lipinski definition) is 3. The van der Waals surface area contributed by atoms with Crippen LogP contribution in [0.5, 0.6) is 0 Å². The average Bonchev–Trinajstić information content (AvgIpc) is 2.65. The van der Waals surface area contributed by atoms with Gasteiger partial charge in [-0.3, -0.25) is 0 Å². The lowest BCUT2D eigenvalue weighted by molar-refractivity contribution is -0.154. The molecule has 1 aromatic carbocycles. The second-order valence-corrected chi connectivity index (χ2v) is 5.95. The van der Waals surface area contributed by atoms with Crippen LogP contribution in [-0.4, -0.2) is 59.4 Å². The molecule has 2 amide bonds. The van der Waals surface area contributed by atoms with Crippen molar-refractivity contribution in [1.82, 2.24) is 10.2 Å². The number of carboxylic acid groups (broad SMARTS) is 1. The number of likely N-dealkylation sites (tertiary alicyclic amines) is 1. The van der Waals surface area contributed by atoms with Crippen molar-refractivity contribution >= 4 is 18.0 Å². The van der Waals surface area contributed by atoms with Crippen LogP contribution in [0.4, 0.5) is 4.79 Å². The summed E-state index contributed by atoms with van der Waals surface area (Å²) in [5.74, 6) is -1.85. The summed E-state index contributed by atoms with van der Waals surface area (Å²) in [4.78, 5) is 36.0. The number of carbonyl (C=O) groups excluding carboxylic acids is 2. The molecule has 3 N–H and O–H groups in total. The van der Waals surface area contributed by atoms with Gasteiger partial charge in [-0.2, -0.15) is 0 Å². The first-order valence-corrected chi connectivity index (χ1v) is 8.03. The monoisotopic (exact) mass is 350 g/mol. The average molecular weight is 350 g/mol. The molecule has 25 heavy (non-hydrogen) atoms. The Morgan fingerprint density at radius 1 is 1.24 bits per heavy atom. The third-order valence-corrected chi connectivity index (χ3v) is 4.36. The van der Waals surface area contributed by atoms with Crippen LogP contribution in [-0.2, 0) is 16.1 Å². The molecule has 1 saturated heterocycles. The van der Waals surface area contributed by atoms with Crippen molar-refractivity contribution in [2.75, 3.05) is 20.2 Å². The van der Waals surface area contributed by atoms with E-state index in [1.54, 1.807) is 17.0 Å². The van der Waals surface area contributed by atoms with Gasteiger partial charge in [-0.25, -0.2) is 14.4 Å². The van der Waals surface area contributed by atoms with E-state index in [1.165, 1.54) is 19.2 Å². The highest BCUT2D eigenvalue weighted by atomic mass is 16.5. The van der Waals surface area contributed by atoms with E-state index in [0.717, 1.165) is 5.56 Å². The van der Waals surface area contributed by atoms with Crippen molar-refractivity contribution < 1.29 is 29.3 Å². The standard InChI is InChI=1S/C17H22N2O6/c1-25-16(23)14(20)12-6-8-19(9-7-12)17(24)18-10-11-2-4-13(5-3-11)15(21)22/h2-5,12,14,20H,6-10H2,1H3,(H,18,24)(H,21,22). The lowest BCUT2D eigenvalue weighted by atomic mass is 9.91. The normalized spacial score (nSPS) is 16.2. The Morgan fingerprint density at radius 3 is 2.36 bits per heavy atom. The number of carboxylic acids is 1. The summed E-state index contributed by atoms with van der Waals surface area (Å²) in [5, 5.41) is 21.5. The van der Waals surface area contributed by atoms with Crippen molar-refractivity contribution in [3.63, 3.8) is 0 Å². The molecule has 1 heterocycles. The molecule has 0 radical (unpaired) electrons. The summed E-state index contributed by atoms with van der Waals surface area (Å²) in [6.07, 6.45) is -0.100. The molecule has 136 valence electrons. The van der Waals surface area contributed by atoms with Crippen LogP contribution >= 0.6 is 0 Å². The van der Waals surface area contributed by atoms with Gasteiger partial charge in [-0.1, -0.05) is 12.1 Å². The SMILES string of the molecule is COC(=O)C(O)C1CCN(C(=O)NCc2ccc(C(=O)O)cc2)CC1. The maximum absolute atomic E-state index is 12.2. The summed E-state index contributed by atoms with van der Waals surface area (Å²) in [6.45, 7) is 1.19. The second kappa shape index (κ2) is 8.48. The zero-order valence-corrected chi connectivity index (χ0v) is 14.0. The van der Waals surface area contributed by atoms with Crippen molar-refractivity contribution in [2.24, 2.45) is 5.92 Å². The number of carbonyl (C=O) groups is 3. The topological polar surface area (TPSA) is 116 Å². The highest BCUT2D eigenvalue weighted by Gasteiger charge is 2.31. The number of benzene rings is 1. The van der Waals surface area contributed by atoms with Crippen LogP contribution < -0.4 is 5.32 Å². The van der Waals surface area contributed by atoms with E-state index in [1.807, 2.05) is 0 Å². The molecule has 1 unspecified atom stereocenters. The number of nitrogens with one attached hydrogen (secondary N) is 1. The Kier molecular flexibility index (Phi) is 6.35. The second-order valence-electron chi connectivity index (χ2n) is 5.95. The molecule has 1 aliphatic rings. The molecule has 0 aliphatic carbocycles. The maximum atomic E-state index is 12.2. The number of ether oxygens (including phenoxy) is 1. The van der Waals surface area contributed by atoms with E-state index in [2.05, 4.69) is 10.1 Å². The number of methoxy groups -OCH3 is 1. The number of esters is 1. The van der Waals surface area contributed by atoms with Crippen LogP contribution in [0.15, 0.2) is 24.3 Å². The van der Waals surface area contributed by atoms with E-state index in [4.69, 9.17) is 5.11 Å². The number of aliphatic hydroxyl groups is 1. The third-order valence-electron chi connectivity index (χ3n) is 4.36. The number of hydrogen-bond acceptors (Lipinski definition) is 5. The summed E-state index contributed by atoms with van der Waals surface area (Å²) >= 11 is 0. The van der Waals surface area contributed by atoms with Gasteiger partial charge in [-0.15, -0.1) is 0 Å². The fraction of sp³-hybridized carbons (Fsp3) is 0.471. The number of rotatable bonds is 5. The summed E-state index contributed by atoms with van der Waals surface area (Å²) in [7, 11) is 1.23. The van der Waals surface area contributed by atoms with E-state index < -0.39 is 18.0 Å². The van der Waals surface area contributed by atoms with Gasteiger partial charge >= 0.3 is 18.0 Å². The minimum absolute atomic E-state index is 0.196. The number of piperidine rings is 1. The van der Waals surface area contributed by atoms with Gasteiger partial charge in [0, 0.05) is 19.6 Å². The van der Waals surface area contributed by atoms with Gasteiger partial charge in [0.1, 0.15) is 0 Å². The largest absolute Gasteiger partial charge is 0.478 e. The lowest BCUT2D eigenvalue weighted by Crippen LogP contribution is -2.46. The van der Waals surface area contributed by atoms with Gasteiger partial charge in [0.25, 0.3) is 0 Å². The Morgan fingerprint density at radius 2 is 1.84 bits per heavy atom.